The summed E-state index contributed by atoms with van der Waals surface area (Å²) in [6.45, 7) is 6.60. The summed E-state index contributed by atoms with van der Waals surface area (Å²) >= 11 is 0. The van der Waals surface area contributed by atoms with Crippen LogP contribution in [0.4, 0.5) is 0 Å². The molecule has 0 bridgehead atoms. The van der Waals surface area contributed by atoms with Crippen molar-refractivity contribution in [3.05, 3.63) is 34.4 Å². The first-order valence-corrected chi connectivity index (χ1v) is 6.15. The highest BCUT2D eigenvalue weighted by Crippen LogP contribution is 2.18. The van der Waals surface area contributed by atoms with E-state index in [1.807, 2.05) is 0 Å². The Morgan fingerprint density at radius 2 is 1.81 bits per heavy atom. The van der Waals surface area contributed by atoms with Crippen LogP contribution in [0.1, 0.15) is 47.9 Å². The second-order valence-electron chi connectivity index (χ2n) is 4.63. The molecule has 0 amide bonds. The Bertz CT molecular complexity index is 380. The molecule has 1 rings (SSSR count). The van der Waals surface area contributed by atoms with E-state index in [-0.39, 0.29) is 0 Å². The third-order valence-electron chi connectivity index (χ3n) is 3.19. The number of benzene rings is 1. The van der Waals surface area contributed by atoms with E-state index >= 15 is 0 Å². The normalized spacial score (nSPS) is 10.1. The topological polar surface area (TPSA) is 0 Å². The van der Waals surface area contributed by atoms with E-state index in [2.05, 4.69) is 38.8 Å². The Morgan fingerprint density at radius 3 is 2.50 bits per heavy atom. The lowest BCUT2D eigenvalue weighted by molar-refractivity contribution is 0.690. The summed E-state index contributed by atoms with van der Waals surface area (Å²) in [7, 11) is 0. The molecule has 0 aromatic heterocycles. The van der Waals surface area contributed by atoms with Crippen LogP contribution in [0.5, 0.6) is 0 Å². The van der Waals surface area contributed by atoms with Crippen LogP contribution in [0.15, 0.2) is 12.1 Å². The molecule has 86 valence electrons. The number of aryl methyl sites for hydroxylation is 3. The molecule has 0 aliphatic rings. The molecule has 0 aliphatic heterocycles. The molecule has 0 aliphatic carbocycles. The van der Waals surface area contributed by atoms with Crippen molar-refractivity contribution in [1.82, 2.24) is 0 Å². The quantitative estimate of drug-likeness (QED) is 0.505. The zero-order valence-electron chi connectivity index (χ0n) is 10.8. The van der Waals surface area contributed by atoms with Gasteiger partial charge in [-0.1, -0.05) is 24.1 Å². The fourth-order valence-corrected chi connectivity index (χ4v) is 2.11. The SMILES string of the molecule is C#CCCCCCc1cc(C)cc(C)c1C. The van der Waals surface area contributed by atoms with Crippen LogP contribution < -0.4 is 0 Å². The maximum absolute atomic E-state index is 5.24. The number of hydrogen-bond acceptors (Lipinski definition) is 0. The van der Waals surface area contributed by atoms with Crippen molar-refractivity contribution in [2.24, 2.45) is 0 Å². The standard InChI is InChI=1S/C16H22/c1-5-6-7-8-9-10-16-12-13(2)11-14(3)15(16)4/h1,11-12H,6-10H2,2-4H3. The first-order chi connectivity index (χ1) is 7.65. The highest BCUT2D eigenvalue weighted by atomic mass is 14.1. The molecule has 0 fully saturated rings. The van der Waals surface area contributed by atoms with Crippen molar-refractivity contribution in [1.29, 1.82) is 0 Å². The summed E-state index contributed by atoms with van der Waals surface area (Å²) in [5.41, 5.74) is 5.76. The molecular formula is C16H22. The molecule has 0 heterocycles. The van der Waals surface area contributed by atoms with E-state index in [1.54, 1.807) is 0 Å². The van der Waals surface area contributed by atoms with Crippen LogP contribution in [-0.4, -0.2) is 0 Å². The third-order valence-corrected chi connectivity index (χ3v) is 3.19. The van der Waals surface area contributed by atoms with Gasteiger partial charge in [-0.2, -0.15) is 0 Å². The molecule has 1 aromatic rings. The van der Waals surface area contributed by atoms with Crippen molar-refractivity contribution in [2.75, 3.05) is 0 Å². The molecule has 0 nitrogen and oxygen atoms in total. The number of terminal acetylenes is 1. The van der Waals surface area contributed by atoms with Gasteiger partial charge in [0.25, 0.3) is 0 Å². The molecule has 16 heavy (non-hydrogen) atoms. The number of rotatable bonds is 5. The molecule has 0 saturated carbocycles. The minimum atomic E-state index is 0.922. The third kappa shape index (κ3) is 3.74. The van der Waals surface area contributed by atoms with Gasteiger partial charge in [-0.15, -0.1) is 12.3 Å². The van der Waals surface area contributed by atoms with Gasteiger partial charge >= 0.3 is 0 Å². The summed E-state index contributed by atoms with van der Waals surface area (Å²) < 4.78 is 0. The van der Waals surface area contributed by atoms with Gasteiger partial charge in [0, 0.05) is 6.42 Å². The van der Waals surface area contributed by atoms with Gasteiger partial charge in [0.15, 0.2) is 0 Å². The van der Waals surface area contributed by atoms with Crippen molar-refractivity contribution < 1.29 is 0 Å². The molecule has 0 radical (unpaired) electrons. The molecule has 0 heteroatoms. The lowest BCUT2D eigenvalue weighted by Gasteiger charge is -2.10. The van der Waals surface area contributed by atoms with Gasteiger partial charge < -0.3 is 0 Å². The van der Waals surface area contributed by atoms with Crippen LogP contribution >= 0.6 is 0 Å². The van der Waals surface area contributed by atoms with Gasteiger partial charge in [0.05, 0.1) is 0 Å². The van der Waals surface area contributed by atoms with Crippen LogP contribution in [-0.2, 0) is 6.42 Å². The van der Waals surface area contributed by atoms with Crippen LogP contribution in [0.25, 0.3) is 0 Å². The average Bonchev–Trinajstić information content (AvgIpc) is 2.24. The van der Waals surface area contributed by atoms with E-state index < -0.39 is 0 Å². The maximum atomic E-state index is 5.24. The van der Waals surface area contributed by atoms with Crippen molar-refractivity contribution in [3.63, 3.8) is 0 Å². The van der Waals surface area contributed by atoms with Crippen molar-refractivity contribution >= 4 is 0 Å². The highest BCUT2D eigenvalue weighted by molar-refractivity contribution is 5.37. The summed E-state index contributed by atoms with van der Waals surface area (Å²) in [6.07, 6.45) is 11.0. The van der Waals surface area contributed by atoms with E-state index in [0.29, 0.717) is 0 Å². The van der Waals surface area contributed by atoms with E-state index in [4.69, 9.17) is 6.42 Å². The zero-order valence-corrected chi connectivity index (χ0v) is 10.8. The Morgan fingerprint density at radius 1 is 1.06 bits per heavy atom. The number of unbranched alkanes of at least 4 members (excludes halogenated alkanes) is 3. The van der Waals surface area contributed by atoms with Crippen LogP contribution in [0, 0.1) is 33.1 Å². The van der Waals surface area contributed by atoms with Gasteiger partial charge in [-0.3, -0.25) is 0 Å². The lowest BCUT2D eigenvalue weighted by atomic mass is 9.96. The lowest BCUT2D eigenvalue weighted by Crippen LogP contribution is -1.94. The first-order valence-electron chi connectivity index (χ1n) is 6.15. The molecule has 0 saturated heterocycles. The second-order valence-corrected chi connectivity index (χ2v) is 4.63. The second kappa shape index (κ2) is 6.38. The minimum Gasteiger partial charge on any atom is -0.120 e. The van der Waals surface area contributed by atoms with Gasteiger partial charge in [-0.05, 0) is 56.7 Å². The fourth-order valence-electron chi connectivity index (χ4n) is 2.11. The van der Waals surface area contributed by atoms with E-state index in [0.717, 1.165) is 6.42 Å². The Balaban J connectivity index is 2.51. The van der Waals surface area contributed by atoms with E-state index in [1.165, 1.54) is 47.9 Å². The molecule has 0 spiro atoms. The molecule has 0 atom stereocenters. The van der Waals surface area contributed by atoms with Gasteiger partial charge in [-0.25, -0.2) is 0 Å². The molecule has 0 unspecified atom stereocenters. The Hall–Kier alpha value is -1.22. The predicted molar refractivity (Wildman–Crippen MR) is 71.7 cm³/mol. The molecular weight excluding hydrogens is 192 g/mol. The zero-order chi connectivity index (χ0) is 12.0. The Labute approximate surface area is 100 Å². The maximum Gasteiger partial charge on any atom is 0.00860 e. The Kier molecular flexibility index (Phi) is 5.12. The van der Waals surface area contributed by atoms with Crippen molar-refractivity contribution in [3.8, 4) is 12.3 Å². The number of hydrogen-bond donors (Lipinski definition) is 0. The highest BCUT2D eigenvalue weighted by Gasteiger charge is 2.02. The molecule has 0 N–H and O–H groups in total. The molecule has 1 aromatic carbocycles. The summed E-state index contributed by atoms with van der Waals surface area (Å²) in [5, 5.41) is 0. The van der Waals surface area contributed by atoms with Crippen molar-refractivity contribution in [2.45, 2.75) is 52.9 Å². The van der Waals surface area contributed by atoms with E-state index in [9.17, 15) is 0 Å². The summed E-state index contributed by atoms with van der Waals surface area (Å²) in [6, 6.07) is 4.58. The van der Waals surface area contributed by atoms with Gasteiger partial charge in [0.1, 0.15) is 0 Å². The van der Waals surface area contributed by atoms with Crippen LogP contribution in [0.3, 0.4) is 0 Å². The largest absolute Gasteiger partial charge is 0.120 e. The average molecular weight is 214 g/mol. The fraction of sp³-hybridized carbons (Fsp3) is 0.500. The first kappa shape index (κ1) is 12.8. The van der Waals surface area contributed by atoms with Gasteiger partial charge in [0.2, 0.25) is 0 Å². The predicted octanol–water partition coefficient (Wildman–Crippen LogP) is 4.35. The van der Waals surface area contributed by atoms with Crippen LogP contribution in [0.2, 0.25) is 0 Å². The minimum absolute atomic E-state index is 0.922. The summed E-state index contributed by atoms with van der Waals surface area (Å²) in [5.74, 6) is 2.70. The monoisotopic (exact) mass is 214 g/mol. The summed E-state index contributed by atoms with van der Waals surface area (Å²) in [4.78, 5) is 0. The smallest absolute Gasteiger partial charge is 0.00860 e.